The smallest absolute Gasteiger partial charge is 0.276 e. The minimum atomic E-state index is -0.250. The predicted molar refractivity (Wildman–Crippen MR) is 107 cm³/mol. The van der Waals surface area contributed by atoms with Crippen LogP contribution in [0.25, 0.3) is 0 Å². The molecule has 0 spiro atoms. The van der Waals surface area contributed by atoms with Crippen LogP contribution in [0, 0.1) is 11.8 Å². The molecule has 0 heterocycles. The fourth-order valence-electron chi connectivity index (χ4n) is 3.94. The molecule has 1 aromatic rings. The van der Waals surface area contributed by atoms with E-state index in [9.17, 15) is 4.79 Å². The normalized spacial score (nSPS) is 24.5. The Bertz CT molecular complexity index is 664. The number of hydrogen-bond acceptors (Lipinski definition) is 3. The van der Waals surface area contributed by atoms with E-state index in [1.54, 1.807) is 0 Å². The maximum atomic E-state index is 12.0. The zero-order valence-corrected chi connectivity index (χ0v) is 16.5. The average molecular weight is 376 g/mol. The first-order chi connectivity index (χ1) is 12.5. The first kappa shape index (κ1) is 19.0. The molecular formula is C20H29N3O2S. The number of thiocarbonyl (C=S) groups is 1. The van der Waals surface area contributed by atoms with Gasteiger partial charge in [0.25, 0.3) is 5.91 Å². The third-order valence-electron chi connectivity index (χ3n) is 5.78. The summed E-state index contributed by atoms with van der Waals surface area (Å²) < 4.78 is 5.59. The van der Waals surface area contributed by atoms with Crippen molar-refractivity contribution in [3.63, 3.8) is 0 Å². The van der Waals surface area contributed by atoms with Crippen LogP contribution in [0.1, 0.15) is 50.7 Å². The van der Waals surface area contributed by atoms with Gasteiger partial charge in [-0.1, -0.05) is 32.8 Å². The first-order valence-electron chi connectivity index (χ1n) is 9.63. The van der Waals surface area contributed by atoms with Crippen molar-refractivity contribution in [2.75, 3.05) is 6.61 Å². The fourth-order valence-corrected chi connectivity index (χ4v) is 4.14. The molecule has 0 bridgehead atoms. The van der Waals surface area contributed by atoms with Gasteiger partial charge in [0.15, 0.2) is 11.7 Å². The molecule has 142 valence electrons. The molecule has 0 unspecified atom stereocenters. The largest absolute Gasteiger partial charge is 0.484 e. The van der Waals surface area contributed by atoms with Crippen molar-refractivity contribution in [1.82, 2.24) is 16.2 Å². The second-order valence-electron chi connectivity index (χ2n) is 7.59. The molecule has 3 atom stereocenters. The van der Waals surface area contributed by atoms with E-state index in [4.69, 9.17) is 17.0 Å². The van der Waals surface area contributed by atoms with E-state index < -0.39 is 0 Å². The number of carbonyl (C=O) groups is 1. The molecule has 2 aliphatic carbocycles. The molecule has 6 heteroatoms. The summed E-state index contributed by atoms with van der Waals surface area (Å²) in [4.78, 5) is 12.0. The van der Waals surface area contributed by atoms with Crippen LogP contribution in [0.15, 0.2) is 18.2 Å². The number of carbonyl (C=O) groups excluding carboxylic acids is 1. The van der Waals surface area contributed by atoms with Gasteiger partial charge >= 0.3 is 0 Å². The number of ether oxygens (including phenoxy) is 1. The Morgan fingerprint density at radius 1 is 1.15 bits per heavy atom. The summed E-state index contributed by atoms with van der Waals surface area (Å²) in [5, 5.41) is 3.78. The summed E-state index contributed by atoms with van der Waals surface area (Å²) >= 11 is 5.30. The van der Waals surface area contributed by atoms with Crippen LogP contribution in [0.4, 0.5) is 0 Å². The zero-order chi connectivity index (χ0) is 18.5. The van der Waals surface area contributed by atoms with Crippen LogP contribution >= 0.6 is 12.2 Å². The number of fused-ring (bicyclic) bond motifs is 1. The molecule has 1 aromatic carbocycles. The number of benzene rings is 1. The molecule has 0 radical (unpaired) electrons. The van der Waals surface area contributed by atoms with Crippen LogP contribution in [-0.2, 0) is 17.6 Å². The average Bonchev–Trinajstić information content (AvgIpc) is 3.10. The van der Waals surface area contributed by atoms with Crippen LogP contribution in [0.3, 0.4) is 0 Å². The summed E-state index contributed by atoms with van der Waals surface area (Å²) in [7, 11) is 0. The lowest BCUT2D eigenvalue weighted by Gasteiger charge is -2.35. The Labute approximate surface area is 161 Å². The minimum Gasteiger partial charge on any atom is -0.484 e. The van der Waals surface area contributed by atoms with Crippen LogP contribution < -0.4 is 20.9 Å². The monoisotopic (exact) mass is 375 g/mol. The zero-order valence-electron chi connectivity index (χ0n) is 15.6. The molecule has 1 saturated carbocycles. The lowest BCUT2D eigenvalue weighted by Crippen LogP contribution is -2.53. The molecule has 3 rings (SSSR count). The Hall–Kier alpha value is -1.82. The molecule has 1 amide bonds. The van der Waals surface area contributed by atoms with E-state index in [1.807, 2.05) is 12.1 Å². The Morgan fingerprint density at radius 2 is 1.96 bits per heavy atom. The fraction of sp³-hybridized carbons (Fsp3) is 0.600. The van der Waals surface area contributed by atoms with Gasteiger partial charge in [0.2, 0.25) is 0 Å². The van der Waals surface area contributed by atoms with Crippen molar-refractivity contribution in [1.29, 1.82) is 0 Å². The van der Waals surface area contributed by atoms with Gasteiger partial charge in [0, 0.05) is 6.04 Å². The topological polar surface area (TPSA) is 62.4 Å². The third kappa shape index (κ3) is 4.87. The SMILES string of the molecule is C[C@@H]1[C@@H](C)CCC[C@H]1NC(=S)NNC(=O)COc1ccc2c(c1)CCC2. The molecular weight excluding hydrogens is 346 g/mol. The van der Waals surface area contributed by atoms with E-state index in [2.05, 4.69) is 36.1 Å². The van der Waals surface area contributed by atoms with Gasteiger partial charge in [0.1, 0.15) is 5.75 Å². The molecule has 0 saturated heterocycles. The number of rotatable bonds is 4. The maximum absolute atomic E-state index is 12.0. The second kappa shape index (κ2) is 8.71. The lowest BCUT2D eigenvalue weighted by molar-refractivity contribution is -0.123. The summed E-state index contributed by atoms with van der Waals surface area (Å²) in [5.74, 6) is 1.76. The Kier molecular flexibility index (Phi) is 6.35. The maximum Gasteiger partial charge on any atom is 0.276 e. The van der Waals surface area contributed by atoms with E-state index >= 15 is 0 Å². The standard InChI is InChI=1S/C20H29N3O2S/c1-13-5-3-8-18(14(13)2)21-20(26)23-22-19(24)12-25-17-10-9-15-6-4-7-16(15)11-17/h9-11,13-14,18H,3-8,12H2,1-2H3,(H,22,24)(H2,21,23,26)/t13-,14+,18+/m0/s1. The Balaban J connectivity index is 1.37. The summed E-state index contributed by atoms with van der Waals surface area (Å²) in [6.07, 6.45) is 7.04. The molecule has 0 aromatic heterocycles. The lowest BCUT2D eigenvalue weighted by atomic mass is 9.78. The second-order valence-corrected chi connectivity index (χ2v) is 8.00. The van der Waals surface area contributed by atoms with Crippen molar-refractivity contribution in [2.24, 2.45) is 11.8 Å². The quantitative estimate of drug-likeness (QED) is 0.558. The van der Waals surface area contributed by atoms with Gasteiger partial charge in [-0.3, -0.25) is 15.6 Å². The number of aryl methyl sites for hydroxylation is 2. The number of hydrazine groups is 1. The third-order valence-corrected chi connectivity index (χ3v) is 6.00. The van der Waals surface area contributed by atoms with Crippen molar-refractivity contribution < 1.29 is 9.53 Å². The number of nitrogens with one attached hydrogen (secondary N) is 3. The highest BCUT2D eigenvalue weighted by atomic mass is 32.1. The van der Waals surface area contributed by atoms with E-state index in [-0.39, 0.29) is 12.5 Å². The summed E-state index contributed by atoms with van der Waals surface area (Å²) in [6.45, 7) is 4.51. The van der Waals surface area contributed by atoms with E-state index in [1.165, 1.54) is 30.4 Å². The molecule has 26 heavy (non-hydrogen) atoms. The van der Waals surface area contributed by atoms with Gasteiger partial charge < -0.3 is 10.1 Å². The molecule has 2 aliphatic rings. The van der Waals surface area contributed by atoms with Gasteiger partial charge in [-0.25, -0.2) is 0 Å². The van der Waals surface area contributed by atoms with Crippen molar-refractivity contribution in [2.45, 2.75) is 58.4 Å². The highest BCUT2D eigenvalue weighted by molar-refractivity contribution is 7.80. The predicted octanol–water partition coefficient (Wildman–Crippen LogP) is 2.87. The van der Waals surface area contributed by atoms with Gasteiger partial charge in [-0.2, -0.15) is 0 Å². The van der Waals surface area contributed by atoms with E-state index in [0.29, 0.717) is 23.0 Å². The molecule has 3 N–H and O–H groups in total. The van der Waals surface area contributed by atoms with Crippen LogP contribution in [0.2, 0.25) is 0 Å². The van der Waals surface area contributed by atoms with Crippen molar-refractivity contribution in [3.05, 3.63) is 29.3 Å². The number of hydrogen-bond donors (Lipinski definition) is 3. The highest BCUT2D eigenvalue weighted by Gasteiger charge is 2.27. The van der Waals surface area contributed by atoms with Crippen molar-refractivity contribution >= 4 is 23.2 Å². The first-order valence-corrected chi connectivity index (χ1v) is 10.0. The molecule has 5 nitrogen and oxygen atoms in total. The highest BCUT2D eigenvalue weighted by Crippen LogP contribution is 2.29. The Morgan fingerprint density at radius 3 is 2.81 bits per heavy atom. The van der Waals surface area contributed by atoms with Crippen LogP contribution in [-0.4, -0.2) is 23.7 Å². The van der Waals surface area contributed by atoms with Crippen molar-refractivity contribution in [3.8, 4) is 5.75 Å². The summed E-state index contributed by atoms with van der Waals surface area (Å²) in [5.41, 5.74) is 8.12. The number of amides is 1. The summed E-state index contributed by atoms with van der Waals surface area (Å²) in [6, 6.07) is 6.43. The van der Waals surface area contributed by atoms with Gasteiger partial charge in [-0.15, -0.1) is 0 Å². The van der Waals surface area contributed by atoms with E-state index in [0.717, 1.165) is 25.0 Å². The molecule has 0 aliphatic heterocycles. The van der Waals surface area contributed by atoms with Gasteiger partial charge in [-0.05, 0) is 73.0 Å². The van der Waals surface area contributed by atoms with Crippen LogP contribution in [0.5, 0.6) is 5.75 Å². The molecule has 1 fully saturated rings. The minimum absolute atomic E-state index is 0.0364. The van der Waals surface area contributed by atoms with Gasteiger partial charge in [0.05, 0.1) is 0 Å².